The van der Waals surface area contributed by atoms with Crippen molar-refractivity contribution in [2.45, 2.75) is 38.6 Å². The maximum absolute atomic E-state index is 12.2. The largest absolute Gasteiger partial charge is 0.465 e. The summed E-state index contributed by atoms with van der Waals surface area (Å²) >= 11 is 0. The molecule has 25 heavy (non-hydrogen) atoms. The molecule has 0 aliphatic carbocycles. The lowest BCUT2D eigenvalue weighted by Gasteiger charge is -2.08. The van der Waals surface area contributed by atoms with Gasteiger partial charge in [0.25, 0.3) is 5.91 Å². The van der Waals surface area contributed by atoms with Crippen LogP contribution in [-0.2, 0) is 24.1 Å². The number of aryl methyl sites for hydroxylation is 1. The van der Waals surface area contributed by atoms with Crippen LogP contribution in [0.1, 0.15) is 51.6 Å². The van der Waals surface area contributed by atoms with Gasteiger partial charge < -0.3 is 14.6 Å². The Bertz CT molecular complexity index is 752. The fraction of sp³-hybridized carbons (Fsp3) is 0.444. The summed E-state index contributed by atoms with van der Waals surface area (Å²) in [6.07, 6.45) is 5.17. The van der Waals surface area contributed by atoms with E-state index >= 15 is 0 Å². The highest BCUT2D eigenvalue weighted by Gasteiger charge is 2.15. The molecule has 132 valence electrons. The highest BCUT2D eigenvalue weighted by Crippen LogP contribution is 2.14. The van der Waals surface area contributed by atoms with Gasteiger partial charge in [-0.15, -0.1) is 10.2 Å². The number of hydrogen-bond donors (Lipinski definition) is 1. The summed E-state index contributed by atoms with van der Waals surface area (Å²) in [4.78, 5) is 23.6. The minimum Gasteiger partial charge on any atom is -0.465 e. The van der Waals surface area contributed by atoms with Crippen molar-refractivity contribution in [2.75, 3.05) is 13.7 Å². The monoisotopic (exact) mass is 342 g/mol. The Balaban J connectivity index is 1.54. The number of ether oxygens (including phenoxy) is 1. The minimum atomic E-state index is -0.417. The molecule has 7 heteroatoms. The van der Waals surface area contributed by atoms with Crippen LogP contribution in [0, 0.1) is 0 Å². The molecule has 0 bridgehead atoms. The SMILES string of the molecule is COC(=O)c1ccc(C(=O)NCCc2nnc3n2CCCCC3)cc1. The van der Waals surface area contributed by atoms with Gasteiger partial charge >= 0.3 is 5.97 Å². The Morgan fingerprint density at radius 1 is 1.12 bits per heavy atom. The van der Waals surface area contributed by atoms with Crippen LogP contribution in [0.15, 0.2) is 24.3 Å². The first-order chi connectivity index (χ1) is 12.2. The van der Waals surface area contributed by atoms with Crippen LogP contribution in [0.25, 0.3) is 0 Å². The molecular weight excluding hydrogens is 320 g/mol. The molecule has 0 unspecified atom stereocenters. The lowest BCUT2D eigenvalue weighted by molar-refractivity contribution is 0.0600. The van der Waals surface area contributed by atoms with Crippen molar-refractivity contribution in [2.24, 2.45) is 0 Å². The molecule has 1 aromatic carbocycles. The lowest BCUT2D eigenvalue weighted by atomic mass is 10.1. The van der Waals surface area contributed by atoms with Gasteiger partial charge in [0.05, 0.1) is 12.7 Å². The van der Waals surface area contributed by atoms with Gasteiger partial charge in [-0.1, -0.05) is 6.42 Å². The third kappa shape index (κ3) is 4.04. The molecular formula is C18H22N4O3. The van der Waals surface area contributed by atoms with Crippen LogP contribution < -0.4 is 5.32 Å². The van der Waals surface area contributed by atoms with E-state index in [2.05, 4.69) is 24.8 Å². The molecule has 0 fully saturated rings. The van der Waals surface area contributed by atoms with E-state index < -0.39 is 5.97 Å². The standard InChI is InChI=1S/C18H22N4O3/c1-25-18(24)14-8-6-13(7-9-14)17(23)19-11-10-16-21-20-15-5-3-2-4-12-22(15)16/h6-9H,2-5,10-12H2,1H3,(H,19,23). The summed E-state index contributed by atoms with van der Waals surface area (Å²) in [6.45, 7) is 1.45. The molecule has 1 aromatic heterocycles. The summed E-state index contributed by atoms with van der Waals surface area (Å²) in [5, 5.41) is 11.4. The third-order valence-corrected chi connectivity index (χ3v) is 4.39. The number of hydrogen-bond acceptors (Lipinski definition) is 5. The molecule has 7 nitrogen and oxygen atoms in total. The fourth-order valence-electron chi connectivity index (χ4n) is 3.00. The summed E-state index contributed by atoms with van der Waals surface area (Å²) in [5.41, 5.74) is 0.929. The Morgan fingerprint density at radius 3 is 2.64 bits per heavy atom. The number of methoxy groups -OCH3 is 1. The van der Waals surface area contributed by atoms with Crippen LogP contribution in [0.4, 0.5) is 0 Å². The number of esters is 1. The van der Waals surface area contributed by atoms with Gasteiger partial charge in [0.2, 0.25) is 0 Å². The Hall–Kier alpha value is -2.70. The minimum absolute atomic E-state index is 0.174. The van der Waals surface area contributed by atoms with Crippen molar-refractivity contribution >= 4 is 11.9 Å². The highest BCUT2D eigenvalue weighted by molar-refractivity contribution is 5.96. The molecule has 1 amide bonds. The average molecular weight is 342 g/mol. The molecule has 1 N–H and O–H groups in total. The first-order valence-corrected chi connectivity index (χ1v) is 8.56. The third-order valence-electron chi connectivity index (χ3n) is 4.39. The van der Waals surface area contributed by atoms with E-state index in [1.165, 1.54) is 13.5 Å². The van der Waals surface area contributed by atoms with E-state index in [4.69, 9.17) is 0 Å². The molecule has 3 rings (SSSR count). The number of benzene rings is 1. The van der Waals surface area contributed by atoms with Gasteiger partial charge in [-0.05, 0) is 37.1 Å². The number of carbonyl (C=O) groups is 2. The molecule has 0 saturated carbocycles. The Labute approximate surface area is 146 Å². The molecule has 0 radical (unpaired) electrons. The van der Waals surface area contributed by atoms with Gasteiger partial charge in [0, 0.05) is 31.5 Å². The van der Waals surface area contributed by atoms with Crippen molar-refractivity contribution in [3.05, 3.63) is 47.0 Å². The van der Waals surface area contributed by atoms with Gasteiger partial charge in [-0.2, -0.15) is 0 Å². The smallest absolute Gasteiger partial charge is 0.337 e. The molecule has 0 spiro atoms. The molecule has 2 heterocycles. The van der Waals surface area contributed by atoms with E-state index in [0.717, 1.165) is 37.5 Å². The predicted octanol–water partition coefficient (Wildman–Crippen LogP) is 1.76. The molecule has 1 aliphatic heterocycles. The van der Waals surface area contributed by atoms with Crippen molar-refractivity contribution in [3.8, 4) is 0 Å². The second-order valence-electron chi connectivity index (χ2n) is 6.07. The molecule has 0 saturated heterocycles. The lowest BCUT2D eigenvalue weighted by Crippen LogP contribution is -2.26. The zero-order chi connectivity index (χ0) is 17.6. The predicted molar refractivity (Wildman–Crippen MR) is 91.4 cm³/mol. The number of rotatable bonds is 5. The van der Waals surface area contributed by atoms with E-state index in [1.54, 1.807) is 24.3 Å². The number of carbonyl (C=O) groups excluding carboxylic acids is 2. The van der Waals surface area contributed by atoms with E-state index in [0.29, 0.717) is 24.1 Å². The van der Waals surface area contributed by atoms with Crippen molar-refractivity contribution in [1.29, 1.82) is 0 Å². The fourth-order valence-corrected chi connectivity index (χ4v) is 3.00. The van der Waals surface area contributed by atoms with Crippen LogP contribution >= 0.6 is 0 Å². The zero-order valence-electron chi connectivity index (χ0n) is 14.3. The van der Waals surface area contributed by atoms with Gasteiger partial charge in [-0.3, -0.25) is 4.79 Å². The summed E-state index contributed by atoms with van der Waals surface area (Å²) in [5.74, 6) is 1.39. The molecule has 1 aliphatic rings. The Kier molecular flexibility index (Phi) is 5.42. The van der Waals surface area contributed by atoms with Crippen LogP contribution in [0.2, 0.25) is 0 Å². The maximum atomic E-state index is 12.2. The van der Waals surface area contributed by atoms with Crippen LogP contribution in [0.5, 0.6) is 0 Å². The van der Waals surface area contributed by atoms with Crippen molar-refractivity contribution < 1.29 is 14.3 Å². The summed E-state index contributed by atoms with van der Waals surface area (Å²) < 4.78 is 6.83. The highest BCUT2D eigenvalue weighted by atomic mass is 16.5. The second-order valence-corrected chi connectivity index (χ2v) is 6.07. The number of aromatic nitrogens is 3. The van der Waals surface area contributed by atoms with Crippen LogP contribution in [-0.4, -0.2) is 40.3 Å². The first-order valence-electron chi connectivity index (χ1n) is 8.56. The number of amides is 1. The maximum Gasteiger partial charge on any atom is 0.337 e. The average Bonchev–Trinajstić information content (AvgIpc) is 2.87. The van der Waals surface area contributed by atoms with Crippen molar-refractivity contribution in [3.63, 3.8) is 0 Å². The van der Waals surface area contributed by atoms with Crippen molar-refractivity contribution in [1.82, 2.24) is 20.1 Å². The number of nitrogens with zero attached hydrogens (tertiary/aromatic N) is 3. The van der Waals surface area contributed by atoms with Gasteiger partial charge in [0.1, 0.15) is 11.6 Å². The van der Waals surface area contributed by atoms with E-state index in [1.807, 2.05) is 0 Å². The molecule has 2 aromatic rings. The summed E-state index contributed by atoms with van der Waals surface area (Å²) in [6, 6.07) is 6.40. The zero-order valence-corrected chi connectivity index (χ0v) is 14.3. The topological polar surface area (TPSA) is 86.1 Å². The molecule has 0 atom stereocenters. The van der Waals surface area contributed by atoms with Crippen LogP contribution in [0.3, 0.4) is 0 Å². The normalized spacial score (nSPS) is 13.6. The summed E-state index contributed by atoms with van der Waals surface area (Å²) in [7, 11) is 1.33. The number of nitrogens with one attached hydrogen (secondary N) is 1. The Morgan fingerprint density at radius 2 is 1.88 bits per heavy atom. The first kappa shape index (κ1) is 17.1. The number of fused-ring (bicyclic) bond motifs is 1. The second kappa shape index (κ2) is 7.92. The van der Waals surface area contributed by atoms with Gasteiger partial charge in [0.15, 0.2) is 0 Å². The van der Waals surface area contributed by atoms with E-state index in [-0.39, 0.29) is 5.91 Å². The van der Waals surface area contributed by atoms with Gasteiger partial charge in [-0.25, -0.2) is 4.79 Å². The quantitative estimate of drug-likeness (QED) is 0.837. The van der Waals surface area contributed by atoms with E-state index in [9.17, 15) is 9.59 Å².